The van der Waals surface area contributed by atoms with Gasteiger partial charge in [-0.3, -0.25) is 4.79 Å². The zero-order valence-electron chi connectivity index (χ0n) is 18.8. The van der Waals surface area contributed by atoms with E-state index in [1.165, 1.54) is 25.7 Å². The van der Waals surface area contributed by atoms with E-state index in [0.29, 0.717) is 13.2 Å². The summed E-state index contributed by atoms with van der Waals surface area (Å²) < 4.78 is 5.48. The van der Waals surface area contributed by atoms with Crippen LogP contribution in [-0.4, -0.2) is 54.4 Å². The molecule has 1 aliphatic heterocycles. The SMILES string of the molecule is CCCCCCCC(CC)C(=O)OCCCCCCN(C(=O)O)C1CCNCC1. The third-order valence-corrected chi connectivity index (χ3v) is 6.02. The summed E-state index contributed by atoms with van der Waals surface area (Å²) in [5.41, 5.74) is 0. The summed E-state index contributed by atoms with van der Waals surface area (Å²) in [5.74, 6) is 0.0108. The first-order valence-electron chi connectivity index (χ1n) is 12.0. The van der Waals surface area contributed by atoms with E-state index in [1.807, 2.05) is 0 Å². The van der Waals surface area contributed by atoms with E-state index in [-0.39, 0.29) is 17.9 Å². The summed E-state index contributed by atoms with van der Waals surface area (Å²) >= 11 is 0. The monoisotopic (exact) mass is 412 g/mol. The van der Waals surface area contributed by atoms with Crippen LogP contribution in [0.25, 0.3) is 0 Å². The molecule has 1 heterocycles. The molecule has 2 N–H and O–H groups in total. The second kappa shape index (κ2) is 16.5. The lowest BCUT2D eigenvalue weighted by atomic mass is 9.98. The highest BCUT2D eigenvalue weighted by Gasteiger charge is 2.24. The molecular formula is C23H44N2O4. The number of carboxylic acid groups (broad SMARTS) is 1. The molecule has 1 rings (SSSR count). The quantitative estimate of drug-likeness (QED) is 0.269. The Morgan fingerprint density at radius 1 is 1.00 bits per heavy atom. The molecule has 0 aromatic carbocycles. The van der Waals surface area contributed by atoms with Crippen molar-refractivity contribution in [3.05, 3.63) is 0 Å². The number of hydrogen-bond acceptors (Lipinski definition) is 4. The molecule has 0 aromatic rings. The number of ether oxygens (including phenoxy) is 1. The van der Waals surface area contributed by atoms with Gasteiger partial charge in [-0.2, -0.15) is 0 Å². The molecular weight excluding hydrogens is 368 g/mol. The number of esters is 1. The van der Waals surface area contributed by atoms with Gasteiger partial charge in [-0.1, -0.05) is 52.4 Å². The van der Waals surface area contributed by atoms with Crippen molar-refractivity contribution < 1.29 is 19.4 Å². The van der Waals surface area contributed by atoms with Crippen LogP contribution in [0, 0.1) is 5.92 Å². The molecule has 1 saturated heterocycles. The number of carbonyl (C=O) groups excluding carboxylic acids is 1. The molecule has 1 atom stereocenters. The van der Waals surface area contributed by atoms with E-state index < -0.39 is 6.09 Å². The molecule has 1 aliphatic rings. The van der Waals surface area contributed by atoms with Crippen LogP contribution in [-0.2, 0) is 9.53 Å². The highest BCUT2D eigenvalue weighted by molar-refractivity contribution is 5.72. The molecule has 0 radical (unpaired) electrons. The van der Waals surface area contributed by atoms with Crippen LogP contribution in [0.1, 0.15) is 97.3 Å². The van der Waals surface area contributed by atoms with Crippen molar-refractivity contribution >= 4 is 12.1 Å². The normalized spacial score (nSPS) is 15.8. The summed E-state index contributed by atoms with van der Waals surface area (Å²) in [6, 6.07) is 0.155. The van der Waals surface area contributed by atoms with E-state index in [1.54, 1.807) is 4.90 Å². The zero-order valence-corrected chi connectivity index (χ0v) is 18.8. The standard InChI is InChI=1S/C23H44N2O4/c1-3-5-6-7-10-13-20(4-2)22(26)29-19-12-9-8-11-18-25(23(27)28)21-14-16-24-17-15-21/h20-21,24H,3-19H2,1-2H3,(H,27,28). The highest BCUT2D eigenvalue weighted by Crippen LogP contribution is 2.17. The van der Waals surface area contributed by atoms with E-state index in [2.05, 4.69) is 19.2 Å². The first kappa shape index (κ1) is 25.7. The van der Waals surface area contributed by atoms with Crippen LogP contribution in [0.2, 0.25) is 0 Å². The van der Waals surface area contributed by atoms with Crippen LogP contribution < -0.4 is 5.32 Å². The maximum absolute atomic E-state index is 12.2. The second-order valence-electron chi connectivity index (χ2n) is 8.35. The largest absolute Gasteiger partial charge is 0.465 e. The molecule has 0 saturated carbocycles. The Bertz CT molecular complexity index is 439. The van der Waals surface area contributed by atoms with Gasteiger partial charge in [-0.25, -0.2) is 4.79 Å². The molecule has 0 spiro atoms. The fourth-order valence-electron chi connectivity index (χ4n) is 4.06. The van der Waals surface area contributed by atoms with Crippen molar-refractivity contribution in [2.45, 2.75) is 103 Å². The average Bonchev–Trinajstić information content (AvgIpc) is 2.73. The van der Waals surface area contributed by atoms with Crippen LogP contribution in [0.15, 0.2) is 0 Å². The van der Waals surface area contributed by atoms with Crippen LogP contribution >= 0.6 is 0 Å². The highest BCUT2D eigenvalue weighted by atomic mass is 16.5. The molecule has 1 unspecified atom stereocenters. The smallest absolute Gasteiger partial charge is 0.407 e. The lowest BCUT2D eigenvalue weighted by Crippen LogP contribution is -2.46. The van der Waals surface area contributed by atoms with Gasteiger partial charge < -0.3 is 20.1 Å². The number of hydrogen-bond donors (Lipinski definition) is 2. The topological polar surface area (TPSA) is 78.9 Å². The van der Waals surface area contributed by atoms with Gasteiger partial charge in [-0.15, -0.1) is 0 Å². The molecule has 6 nitrogen and oxygen atoms in total. The number of nitrogens with one attached hydrogen (secondary N) is 1. The minimum Gasteiger partial charge on any atom is -0.465 e. The van der Waals surface area contributed by atoms with E-state index in [9.17, 15) is 14.7 Å². The van der Waals surface area contributed by atoms with Crippen molar-refractivity contribution in [1.82, 2.24) is 10.2 Å². The van der Waals surface area contributed by atoms with Gasteiger partial charge in [0.05, 0.1) is 12.5 Å². The van der Waals surface area contributed by atoms with Gasteiger partial charge in [0.1, 0.15) is 0 Å². The maximum atomic E-state index is 12.2. The summed E-state index contributed by atoms with van der Waals surface area (Å²) in [6.45, 7) is 7.17. The van der Waals surface area contributed by atoms with E-state index in [4.69, 9.17) is 4.74 Å². The lowest BCUT2D eigenvalue weighted by molar-refractivity contribution is -0.149. The van der Waals surface area contributed by atoms with Gasteiger partial charge in [0, 0.05) is 12.6 Å². The second-order valence-corrected chi connectivity index (χ2v) is 8.35. The Hall–Kier alpha value is -1.30. The summed E-state index contributed by atoms with van der Waals surface area (Å²) in [7, 11) is 0. The fraction of sp³-hybridized carbons (Fsp3) is 0.913. The molecule has 1 amide bonds. The van der Waals surface area contributed by atoms with Gasteiger partial charge in [0.15, 0.2) is 0 Å². The van der Waals surface area contributed by atoms with Gasteiger partial charge in [0.25, 0.3) is 0 Å². The third kappa shape index (κ3) is 11.5. The van der Waals surface area contributed by atoms with Crippen LogP contribution in [0.3, 0.4) is 0 Å². The zero-order chi connectivity index (χ0) is 21.3. The van der Waals surface area contributed by atoms with Gasteiger partial charge >= 0.3 is 12.1 Å². The Morgan fingerprint density at radius 3 is 2.31 bits per heavy atom. The Morgan fingerprint density at radius 2 is 1.66 bits per heavy atom. The number of piperidine rings is 1. The molecule has 0 aliphatic carbocycles. The van der Waals surface area contributed by atoms with Crippen molar-refractivity contribution in [2.24, 2.45) is 5.92 Å². The van der Waals surface area contributed by atoms with E-state index in [0.717, 1.165) is 70.9 Å². The summed E-state index contributed by atoms with van der Waals surface area (Å²) in [4.78, 5) is 25.3. The minimum absolute atomic E-state index is 0.0362. The third-order valence-electron chi connectivity index (χ3n) is 6.02. The predicted molar refractivity (Wildman–Crippen MR) is 117 cm³/mol. The molecule has 170 valence electrons. The molecule has 0 aromatic heterocycles. The lowest BCUT2D eigenvalue weighted by Gasteiger charge is -2.32. The predicted octanol–water partition coefficient (Wildman–Crippen LogP) is 5.21. The van der Waals surface area contributed by atoms with Crippen molar-refractivity contribution in [2.75, 3.05) is 26.2 Å². The molecule has 1 fully saturated rings. The maximum Gasteiger partial charge on any atom is 0.407 e. The average molecular weight is 413 g/mol. The van der Waals surface area contributed by atoms with Crippen molar-refractivity contribution in [3.8, 4) is 0 Å². The Kier molecular flexibility index (Phi) is 14.6. The number of amides is 1. The minimum atomic E-state index is -0.800. The summed E-state index contributed by atoms with van der Waals surface area (Å²) in [6.07, 6.45) is 12.6. The van der Waals surface area contributed by atoms with Gasteiger partial charge in [-0.05, 0) is 58.0 Å². The van der Waals surface area contributed by atoms with Crippen LogP contribution in [0.5, 0.6) is 0 Å². The molecule has 29 heavy (non-hydrogen) atoms. The number of unbranched alkanes of at least 4 members (excludes halogenated alkanes) is 7. The number of carbonyl (C=O) groups is 2. The van der Waals surface area contributed by atoms with Crippen molar-refractivity contribution in [1.29, 1.82) is 0 Å². The molecule has 6 heteroatoms. The van der Waals surface area contributed by atoms with Crippen LogP contribution in [0.4, 0.5) is 4.79 Å². The first-order chi connectivity index (χ1) is 14.1. The number of rotatable bonds is 16. The fourth-order valence-corrected chi connectivity index (χ4v) is 4.06. The Balaban J connectivity index is 2.09. The van der Waals surface area contributed by atoms with E-state index >= 15 is 0 Å². The molecule has 0 bridgehead atoms. The van der Waals surface area contributed by atoms with Crippen molar-refractivity contribution in [3.63, 3.8) is 0 Å². The number of nitrogens with zero attached hydrogens (tertiary/aromatic N) is 1. The van der Waals surface area contributed by atoms with Gasteiger partial charge in [0.2, 0.25) is 0 Å². The summed E-state index contributed by atoms with van der Waals surface area (Å²) in [5, 5.41) is 12.7. The Labute approximate surface area is 177 Å². The first-order valence-corrected chi connectivity index (χ1v) is 12.0.